The number of anilines is 3. The number of rotatable bonds is 12. The fourth-order valence-electron chi connectivity index (χ4n) is 4.13. The van der Waals surface area contributed by atoms with E-state index in [1.807, 2.05) is 0 Å². The fraction of sp³-hybridized carbons (Fsp3) is 0.188. The molecule has 0 aliphatic rings. The zero-order valence-corrected chi connectivity index (χ0v) is 26.2. The van der Waals surface area contributed by atoms with Gasteiger partial charge in [-0.05, 0) is 73.9 Å². The first-order chi connectivity index (χ1) is 23.5. The van der Waals surface area contributed by atoms with Crippen LogP contribution in [0.15, 0.2) is 84.1 Å². The predicted octanol–water partition coefficient (Wildman–Crippen LogP) is 7.16. The van der Waals surface area contributed by atoms with Gasteiger partial charge in [-0.1, -0.05) is 11.6 Å². The summed E-state index contributed by atoms with van der Waals surface area (Å²) in [6, 6.07) is 14.2. The topological polar surface area (TPSA) is 165 Å². The van der Waals surface area contributed by atoms with E-state index in [9.17, 15) is 27.2 Å². The number of benzene rings is 2. The lowest BCUT2D eigenvalue weighted by Crippen LogP contribution is -2.27. The molecule has 0 aliphatic heterocycles. The van der Waals surface area contributed by atoms with Crippen molar-refractivity contribution in [1.29, 1.82) is 5.26 Å². The maximum absolute atomic E-state index is 13.3. The van der Waals surface area contributed by atoms with Crippen LogP contribution in [-0.2, 0) is 6.18 Å². The van der Waals surface area contributed by atoms with Gasteiger partial charge in [0, 0.05) is 54.7 Å². The first-order valence-electron chi connectivity index (χ1n) is 14.6. The summed E-state index contributed by atoms with van der Waals surface area (Å²) in [5.74, 6) is -0.169. The first kappa shape index (κ1) is 35.9. The van der Waals surface area contributed by atoms with Crippen LogP contribution in [0.5, 0.6) is 11.5 Å². The number of ether oxygens (including phenoxy) is 1. The van der Waals surface area contributed by atoms with Crippen LogP contribution in [0.25, 0.3) is 0 Å². The van der Waals surface area contributed by atoms with Gasteiger partial charge in [0.2, 0.25) is 11.9 Å². The number of urea groups is 1. The summed E-state index contributed by atoms with van der Waals surface area (Å²) >= 11 is 5.61. The largest absolute Gasteiger partial charge is 0.457 e. The van der Waals surface area contributed by atoms with E-state index in [-0.39, 0.29) is 17.3 Å². The normalized spacial score (nSPS) is 11.2. The lowest BCUT2D eigenvalue weighted by atomic mass is 10.2. The SMILES string of the molecule is N#CNC(=NCCCCCNC(=O)c1cc(Oc2ccc(NC(=O)Nc3ccc(Cl)c(C(F)(F)F)c3)cc2)ccn1)Nc1ccnc(F)c1. The van der Waals surface area contributed by atoms with E-state index in [1.165, 1.54) is 48.8 Å². The summed E-state index contributed by atoms with van der Waals surface area (Å²) in [6.45, 7) is 0.774. The van der Waals surface area contributed by atoms with Crippen molar-refractivity contribution < 1.29 is 31.9 Å². The van der Waals surface area contributed by atoms with Crippen LogP contribution in [0.4, 0.5) is 39.4 Å². The Morgan fingerprint density at radius 1 is 0.857 bits per heavy atom. The van der Waals surface area contributed by atoms with Crippen molar-refractivity contribution in [2.24, 2.45) is 4.99 Å². The van der Waals surface area contributed by atoms with Crippen LogP contribution >= 0.6 is 11.6 Å². The van der Waals surface area contributed by atoms with Crippen molar-refractivity contribution in [2.45, 2.75) is 25.4 Å². The van der Waals surface area contributed by atoms with Gasteiger partial charge in [0.05, 0.1) is 10.6 Å². The molecule has 0 fully saturated rings. The number of aliphatic imine (C=N–C) groups is 1. The number of hydrogen-bond donors (Lipinski definition) is 5. The zero-order chi connectivity index (χ0) is 35.2. The van der Waals surface area contributed by atoms with Gasteiger partial charge in [0.1, 0.15) is 17.2 Å². The first-order valence-corrected chi connectivity index (χ1v) is 14.9. The standard InChI is InChI=1S/C32H28ClF4N9O3/c33-26-9-6-21(16-25(26)32(35,36)37)46-31(48)45-20-4-7-23(8-5-20)49-24-11-15-39-27(18-24)29(47)41-12-2-1-3-13-42-30(43-19-38)44-22-10-14-40-28(34)17-22/h4-11,14-18H,1-3,12-13H2,(H,41,47)(H2,45,46,48)(H2,40,42,43,44). The second kappa shape index (κ2) is 17.3. The minimum absolute atomic E-state index is 0.0904. The van der Waals surface area contributed by atoms with Gasteiger partial charge in [0.25, 0.3) is 5.91 Å². The van der Waals surface area contributed by atoms with Crippen molar-refractivity contribution in [3.8, 4) is 17.7 Å². The maximum atomic E-state index is 13.3. The smallest absolute Gasteiger partial charge is 0.417 e. The molecule has 17 heteroatoms. The molecule has 0 unspecified atom stereocenters. The quantitative estimate of drug-likeness (QED) is 0.0198. The van der Waals surface area contributed by atoms with E-state index in [2.05, 4.69) is 41.5 Å². The molecule has 0 saturated heterocycles. The Bertz CT molecular complexity index is 1830. The van der Waals surface area contributed by atoms with E-state index < -0.39 is 34.6 Å². The number of guanidine groups is 1. The summed E-state index contributed by atoms with van der Waals surface area (Å²) in [5, 5.41) is 21.3. The summed E-state index contributed by atoms with van der Waals surface area (Å²) in [5.41, 5.74) is -0.290. The van der Waals surface area contributed by atoms with Crippen molar-refractivity contribution in [1.82, 2.24) is 20.6 Å². The highest BCUT2D eigenvalue weighted by Gasteiger charge is 2.33. The number of nitriles is 1. The van der Waals surface area contributed by atoms with Crippen LogP contribution in [0.1, 0.15) is 35.3 Å². The number of hydrogen-bond acceptors (Lipinski definition) is 7. The molecule has 2 heterocycles. The van der Waals surface area contributed by atoms with E-state index in [0.717, 1.165) is 18.6 Å². The Balaban J connectivity index is 1.19. The minimum Gasteiger partial charge on any atom is -0.457 e. The minimum atomic E-state index is -4.67. The van der Waals surface area contributed by atoms with Gasteiger partial charge in [0.15, 0.2) is 6.19 Å². The molecule has 0 bridgehead atoms. The summed E-state index contributed by atoms with van der Waals surface area (Å²) in [4.78, 5) is 36.8. The Morgan fingerprint density at radius 2 is 1.57 bits per heavy atom. The highest BCUT2D eigenvalue weighted by atomic mass is 35.5. The maximum Gasteiger partial charge on any atom is 0.417 e. The van der Waals surface area contributed by atoms with Crippen molar-refractivity contribution in [3.05, 3.63) is 101 Å². The molecular weight excluding hydrogens is 670 g/mol. The van der Waals surface area contributed by atoms with Crippen LogP contribution < -0.4 is 31.3 Å². The number of aromatic nitrogens is 2. The van der Waals surface area contributed by atoms with Crippen LogP contribution in [0.3, 0.4) is 0 Å². The number of nitrogens with one attached hydrogen (secondary N) is 5. The molecular formula is C32H28ClF4N9O3. The van der Waals surface area contributed by atoms with E-state index in [4.69, 9.17) is 21.6 Å². The Hall–Kier alpha value is -5.95. The highest BCUT2D eigenvalue weighted by Crippen LogP contribution is 2.36. The monoisotopic (exact) mass is 697 g/mol. The molecule has 3 amide bonds. The van der Waals surface area contributed by atoms with Crippen LogP contribution in [0.2, 0.25) is 5.02 Å². The molecule has 0 radical (unpaired) electrons. The Labute approximate surface area is 282 Å². The van der Waals surface area contributed by atoms with Crippen molar-refractivity contribution in [3.63, 3.8) is 0 Å². The van der Waals surface area contributed by atoms with Crippen LogP contribution in [0, 0.1) is 17.4 Å². The molecule has 254 valence electrons. The van der Waals surface area contributed by atoms with Gasteiger partial charge in [-0.2, -0.15) is 22.8 Å². The third-order valence-corrected chi connectivity index (χ3v) is 6.73. The van der Waals surface area contributed by atoms with Gasteiger partial charge >= 0.3 is 12.2 Å². The number of alkyl halides is 3. The van der Waals surface area contributed by atoms with Crippen LogP contribution in [-0.4, -0.2) is 41.0 Å². The molecule has 5 N–H and O–H groups in total. The summed E-state index contributed by atoms with van der Waals surface area (Å²) in [7, 11) is 0. The molecule has 49 heavy (non-hydrogen) atoms. The second-order valence-electron chi connectivity index (χ2n) is 10.1. The van der Waals surface area contributed by atoms with Crippen molar-refractivity contribution >= 4 is 46.6 Å². The van der Waals surface area contributed by atoms with Gasteiger partial charge < -0.3 is 26.0 Å². The number of pyridine rings is 2. The lowest BCUT2D eigenvalue weighted by Gasteiger charge is -2.12. The average molecular weight is 698 g/mol. The Kier molecular flexibility index (Phi) is 12.7. The highest BCUT2D eigenvalue weighted by molar-refractivity contribution is 6.31. The number of amides is 3. The number of carbonyl (C=O) groups is 2. The molecule has 0 spiro atoms. The van der Waals surface area contributed by atoms with E-state index in [0.29, 0.717) is 48.8 Å². The number of halogens is 5. The molecule has 2 aromatic heterocycles. The van der Waals surface area contributed by atoms with E-state index >= 15 is 0 Å². The molecule has 0 aliphatic carbocycles. The molecule has 4 rings (SSSR count). The Morgan fingerprint density at radius 3 is 2.31 bits per heavy atom. The predicted molar refractivity (Wildman–Crippen MR) is 175 cm³/mol. The lowest BCUT2D eigenvalue weighted by molar-refractivity contribution is -0.137. The summed E-state index contributed by atoms with van der Waals surface area (Å²) < 4.78 is 58.3. The van der Waals surface area contributed by atoms with E-state index in [1.54, 1.807) is 24.4 Å². The molecule has 12 nitrogen and oxygen atoms in total. The van der Waals surface area contributed by atoms with Gasteiger partial charge in [-0.25, -0.2) is 9.78 Å². The van der Waals surface area contributed by atoms with Gasteiger partial charge in [-0.15, -0.1) is 0 Å². The molecule has 0 saturated carbocycles. The molecule has 2 aromatic carbocycles. The summed E-state index contributed by atoms with van der Waals surface area (Å²) in [6.07, 6.45) is 1.87. The molecule has 4 aromatic rings. The zero-order valence-electron chi connectivity index (χ0n) is 25.4. The third kappa shape index (κ3) is 11.7. The third-order valence-electron chi connectivity index (χ3n) is 6.40. The fourth-order valence-corrected chi connectivity index (χ4v) is 4.36. The molecule has 0 atom stereocenters. The average Bonchev–Trinajstić information content (AvgIpc) is 3.05. The van der Waals surface area contributed by atoms with Gasteiger partial charge in [-0.3, -0.25) is 20.1 Å². The van der Waals surface area contributed by atoms with Crippen molar-refractivity contribution in [2.75, 3.05) is 29.0 Å². The number of nitrogens with zero attached hydrogens (tertiary/aromatic N) is 4. The number of carbonyl (C=O) groups excluding carboxylic acids is 2. The second-order valence-corrected chi connectivity index (χ2v) is 10.5. The number of unbranched alkanes of at least 4 members (excludes halogenated alkanes) is 2.